The molecule has 0 bridgehead atoms. The Labute approximate surface area is 186 Å². The minimum Gasteiger partial charge on any atom is -0.495 e. The number of esters is 1. The number of fused-ring (bicyclic) bond motifs is 1. The van der Waals surface area contributed by atoms with Crippen LogP contribution < -0.4 is 14.2 Å². The van der Waals surface area contributed by atoms with E-state index in [1.165, 1.54) is 31.4 Å². The summed E-state index contributed by atoms with van der Waals surface area (Å²) in [4.78, 5) is 25.0. The van der Waals surface area contributed by atoms with Gasteiger partial charge in [-0.1, -0.05) is 19.8 Å². The third-order valence-corrected chi connectivity index (χ3v) is 7.53. The van der Waals surface area contributed by atoms with Crippen molar-refractivity contribution in [3.63, 3.8) is 0 Å². The van der Waals surface area contributed by atoms with Crippen LogP contribution in [0, 0.1) is 5.82 Å². The molecule has 0 aliphatic heterocycles. The first-order valence-electron chi connectivity index (χ1n) is 10.5. The van der Waals surface area contributed by atoms with Crippen LogP contribution in [0.5, 0.6) is 11.5 Å². The molecule has 0 saturated heterocycles. The zero-order chi connectivity index (χ0) is 23.0. The quantitative estimate of drug-likeness (QED) is 0.516. The van der Waals surface area contributed by atoms with Crippen LogP contribution in [0.1, 0.15) is 71.2 Å². The molecule has 0 heterocycles. The van der Waals surface area contributed by atoms with Crippen LogP contribution in [0.2, 0.25) is 0 Å². The van der Waals surface area contributed by atoms with E-state index in [1.807, 2.05) is 0 Å². The number of ether oxygens (including phenoxy) is 2. The number of nitrogens with one attached hydrogen (secondary N) is 1. The van der Waals surface area contributed by atoms with Crippen molar-refractivity contribution in [3.05, 3.63) is 52.8 Å². The van der Waals surface area contributed by atoms with Crippen molar-refractivity contribution in [3.8, 4) is 11.5 Å². The molecular weight excluding hydrogens is 437 g/mol. The fourth-order valence-electron chi connectivity index (χ4n) is 4.41. The molecule has 32 heavy (non-hydrogen) atoms. The lowest BCUT2D eigenvalue weighted by molar-refractivity contribution is 0.0732. The molecule has 2 aliphatic carbocycles. The first-order valence-corrected chi connectivity index (χ1v) is 12.0. The highest BCUT2D eigenvalue weighted by molar-refractivity contribution is 7.89. The Balaban J connectivity index is 1.65. The van der Waals surface area contributed by atoms with E-state index in [1.54, 1.807) is 6.92 Å². The second-order valence-corrected chi connectivity index (χ2v) is 9.90. The van der Waals surface area contributed by atoms with Gasteiger partial charge in [-0.2, -0.15) is 0 Å². The molecule has 1 unspecified atom stereocenters. The lowest BCUT2D eigenvalue weighted by Crippen LogP contribution is -2.33. The monoisotopic (exact) mass is 461 g/mol. The third kappa shape index (κ3) is 4.14. The third-order valence-electron chi connectivity index (χ3n) is 5.99. The van der Waals surface area contributed by atoms with E-state index < -0.39 is 21.8 Å². The van der Waals surface area contributed by atoms with Crippen molar-refractivity contribution in [1.29, 1.82) is 0 Å². The zero-order valence-corrected chi connectivity index (χ0v) is 18.6. The fraction of sp³-hybridized carbons (Fsp3) is 0.391. The van der Waals surface area contributed by atoms with Gasteiger partial charge in [-0.05, 0) is 49.1 Å². The minimum atomic E-state index is -3.93. The van der Waals surface area contributed by atoms with Gasteiger partial charge in [0.05, 0.1) is 18.2 Å². The van der Waals surface area contributed by atoms with Gasteiger partial charge in [-0.3, -0.25) is 4.79 Å². The van der Waals surface area contributed by atoms with Crippen molar-refractivity contribution in [2.75, 3.05) is 7.11 Å². The summed E-state index contributed by atoms with van der Waals surface area (Å²) in [6, 6.07) is 6.19. The average Bonchev–Trinajstić information content (AvgIpc) is 3.36. The number of ketones is 1. The average molecular weight is 462 g/mol. The fourth-order valence-corrected chi connectivity index (χ4v) is 5.91. The van der Waals surface area contributed by atoms with E-state index >= 15 is 0 Å². The van der Waals surface area contributed by atoms with Crippen LogP contribution in [0.15, 0.2) is 35.2 Å². The van der Waals surface area contributed by atoms with E-state index in [-0.39, 0.29) is 57.2 Å². The van der Waals surface area contributed by atoms with Crippen LogP contribution in [-0.4, -0.2) is 33.3 Å². The van der Waals surface area contributed by atoms with Gasteiger partial charge in [0.1, 0.15) is 22.2 Å². The smallest absolute Gasteiger partial charge is 0.343 e. The number of halogens is 1. The molecular formula is C23H24FNO6S. The summed E-state index contributed by atoms with van der Waals surface area (Å²) >= 11 is 0. The molecule has 0 radical (unpaired) electrons. The van der Waals surface area contributed by atoms with Crippen LogP contribution in [0.4, 0.5) is 4.39 Å². The van der Waals surface area contributed by atoms with Crippen LogP contribution in [0.3, 0.4) is 0 Å². The standard InChI is InChI=1S/C23H24FNO6S/c1-13-11-17(26)22-19(10-8-16(24)21(13)22)31-23(27)14-7-9-18(30-2)20(12-14)32(28,29)25-15-5-3-4-6-15/h7-10,12-13,15,25H,3-6,11H2,1-2H3. The second-order valence-electron chi connectivity index (χ2n) is 8.22. The molecule has 0 amide bonds. The summed E-state index contributed by atoms with van der Waals surface area (Å²) < 4.78 is 53.4. The van der Waals surface area contributed by atoms with Gasteiger partial charge in [0.15, 0.2) is 5.78 Å². The summed E-state index contributed by atoms with van der Waals surface area (Å²) in [5.41, 5.74) is 0.267. The predicted molar refractivity (Wildman–Crippen MR) is 114 cm³/mol. The second kappa shape index (κ2) is 8.63. The molecule has 2 aromatic carbocycles. The van der Waals surface area contributed by atoms with Crippen LogP contribution in [-0.2, 0) is 10.0 Å². The van der Waals surface area contributed by atoms with E-state index in [2.05, 4.69) is 4.72 Å². The minimum absolute atomic E-state index is 0.0332. The number of carbonyl (C=O) groups excluding carboxylic acids is 2. The number of carbonyl (C=O) groups is 2. The molecule has 9 heteroatoms. The van der Waals surface area contributed by atoms with Crippen LogP contribution >= 0.6 is 0 Å². The van der Waals surface area contributed by atoms with Crippen molar-refractivity contribution in [1.82, 2.24) is 4.72 Å². The molecule has 1 saturated carbocycles. The number of hydrogen-bond donors (Lipinski definition) is 1. The first kappa shape index (κ1) is 22.4. The lowest BCUT2D eigenvalue weighted by atomic mass is 10.0. The topological polar surface area (TPSA) is 98.8 Å². The maximum Gasteiger partial charge on any atom is 0.343 e. The van der Waals surface area contributed by atoms with Crippen LogP contribution in [0.25, 0.3) is 0 Å². The van der Waals surface area contributed by atoms with Gasteiger partial charge in [-0.15, -0.1) is 0 Å². The first-order chi connectivity index (χ1) is 15.2. The summed E-state index contributed by atoms with van der Waals surface area (Å²) in [6.07, 6.45) is 3.56. The van der Waals surface area contributed by atoms with E-state index in [9.17, 15) is 22.4 Å². The van der Waals surface area contributed by atoms with Crippen molar-refractivity contribution >= 4 is 21.8 Å². The molecule has 4 rings (SSSR count). The molecule has 2 aromatic rings. The van der Waals surface area contributed by atoms with Gasteiger partial charge < -0.3 is 9.47 Å². The molecule has 1 fully saturated rings. The largest absolute Gasteiger partial charge is 0.495 e. The Morgan fingerprint density at radius 1 is 1.12 bits per heavy atom. The SMILES string of the molecule is COc1ccc(C(=O)Oc2ccc(F)c3c2C(=O)CC3C)cc1S(=O)(=O)NC1CCCC1. The van der Waals surface area contributed by atoms with E-state index in [0.717, 1.165) is 31.7 Å². The van der Waals surface area contributed by atoms with Gasteiger partial charge in [-0.25, -0.2) is 22.3 Å². The summed E-state index contributed by atoms with van der Waals surface area (Å²) in [7, 11) is -2.59. The molecule has 1 atom stereocenters. The number of sulfonamides is 1. The highest BCUT2D eigenvalue weighted by atomic mass is 32.2. The maximum absolute atomic E-state index is 14.2. The van der Waals surface area contributed by atoms with Crippen molar-refractivity contribution < 1.29 is 31.9 Å². The Kier molecular flexibility index (Phi) is 6.05. The van der Waals surface area contributed by atoms with E-state index in [0.29, 0.717) is 0 Å². The molecule has 1 N–H and O–H groups in total. The van der Waals surface area contributed by atoms with Crippen molar-refractivity contribution in [2.24, 2.45) is 0 Å². The highest BCUT2D eigenvalue weighted by Crippen LogP contribution is 2.40. The number of methoxy groups -OCH3 is 1. The Hall–Kier alpha value is -2.78. The summed E-state index contributed by atoms with van der Waals surface area (Å²) in [5.74, 6) is -1.92. The Morgan fingerprint density at radius 3 is 2.50 bits per heavy atom. The Bertz CT molecular complexity index is 1190. The summed E-state index contributed by atoms with van der Waals surface area (Å²) in [6.45, 7) is 1.73. The zero-order valence-electron chi connectivity index (χ0n) is 17.8. The molecule has 0 aromatic heterocycles. The van der Waals surface area contributed by atoms with Gasteiger partial charge >= 0.3 is 5.97 Å². The number of Topliss-reactive ketones (excluding diaryl/α,β-unsaturated/α-hetero) is 1. The normalized spacial score (nSPS) is 18.6. The molecule has 2 aliphatic rings. The Morgan fingerprint density at radius 2 is 1.81 bits per heavy atom. The molecule has 0 spiro atoms. The van der Waals surface area contributed by atoms with Gasteiger partial charge in [0, 0.05) is 18.0 Å². The number of rotatable bonds is 6. The summed E-state index contributed by atoms with van der Waals surface area (Å²) in [5, 5.41) is 0. The van der Waals surface area contributed by atoms with Gasteiger partial charge in [0.2, 0.25) is 10.0 Å². The maximum atomic E-state index is 14.2. The molecule has 170 valence electrons. The van der Waals surface area contributed by atoms with Gasteiger partial charge in [0.25, 0.3) is 0 Å². The van der Waals surface area contributed by atoms with E-state index in [4.69, 9.17) is 9.47 Å². The predicted octanol–water partition coefficient (Wildman–Crippen LogP) is 3.96. The lowest BCUT2D eigenvalue weighted by Gasteiger charge is -2.16. The molecule has 7 nitrogen and oxygen atoms in total. The number of hydrogen-bond acceptors (Lipinski definition) is 6. The highest BCUT2D eigenvalue weighted by Gasteiger charge is 2.33. The number of benzene rings is 2. The van der Waals surface area contributed by atoms with Crippen molar-refractivity contribution in [2.45, 2.75) is 55.9 Å².